The molecular formula is C14H22N4O6S. The normalized spacial score (nSPS) is 20.3. The number of esters is 1. The molecule has 1 aromatic rings. The Labute approximate surface area is 145 Å². The van der Waals surface area contributed by atoms with Gasteiger partial charge in [0.05, 0.1) is 19.3 Å². The van der Waals surface area contributed by atoms with Gasteiger partial charge in [0.1, 0.15) is 5.56 Å². The topological polar surface area (TPSA) is 142 Å². The summed E-state index contributed by atoms with van der Waals surface area (Å²) in [5.41, 5.74) is -0.147. The van der Waals surface area contributed by atoms with Gasteiger partial charge in [-0.3, -0.25) is 14.8 Å². The first-order valence-corrected chi connectivity index (χ1v) is 9.45. The summed E-state index contributed by atoms with van der Waals surface area (Å²) in [5, 5.41) is 14.5. The highest BCUT2D eigenvalue weighted by Crippen LogP contribution is 2.27. The number of likely N-dealkylation sites (N-methyl/N-ethyl adjacent to an activating group) is 1. The summed E-state index contributed by atoms with van der Waals surface area (Å²) < 4.78 is 32.2. The third kappa shape index (κ3) is 4.55. The number of carbonyl (C=O) groups is 2. The van der Waals surface area contributed by atoms with Gasteiger partial charge in [0.25, 0.3) is 10.0 Å². The molecule has 0 spiro atoms. The van der Waals surface area contributed by atoms with E-state index < -0.39 is 22.0 Å². The molecular weight excluding hydrogens is 352 g/mol. The molecule has 0 saturated heterocycles. The van der Waals surface area contributed by atoms with E-state index in [-0.39, 0.29) is 35.8 Å². The molecule has 1 aliphatic rings. The van der Waals surface area contributed by atoms with Crippen LogP contribution in [0.2, 0.25) is 0 Å². The van der Waals surface area contributed by atoms with Crippen LogP contribution in [0.4, 0.5) is 0 Å². The van der Waals surface area contributed by atoms with E-state index in [1.165, 1.54) is 0 Å². The Morgan fingerprint density at radius 2 is 2.12 bits per heavy atom. The number of sulfonamides is 1. The number of ether oxygens (including phenoxy) is 1. The summed E-state index contributed by atoms with van der Waals surface area (Å²) >= 11 is 0. The lowest BCUT2D eigenvalue weighted by molar-refractivity contribution is -0.139. The lowest BCUT2D eigenvalue weighted by Gasteiger charge is -2.41. The van der Waals surface area contributed by atoms with Crippen LogP contribution in [0.3, 0.4) is 0 Å². The maximum atomic E-state index is 12.5. The number of H-pyrrole nitrogens is 1. The molecule has 25 heavy (non-hydrogen) atoms. The molecule has 10 nitrogen and oxygen atoms in total. The highest BCUT2D eigenvalue weighted by molar-refractivity contribution is 7.89. The third-order valence-corrected chi connectivity index (χ3v) is 5.56. The molecule has 140 valence electrons. The van der Waals surface area contributed by atoms with Crippen molar-refractivity contribution in [1.82, 2.24) is 19.8 Å². The van der Waals surface area contributed by atoms with Gasteiger partial charge in [-0.2, -0.15) is 5.10 Å². The fraction of sp³-hybridized carbons (Fsp3) is 0.643. The Morgan fingerprint density at radius 3 is 2.68 bits per heavy atom. The van der Waals surface area contributed by atoms with E-state index >= 15 is 0 Å². The van der Waals surface area contributed by atoms with E-state index in [4.69, 9.17) is 9.84 Å². The molecule has 0 aliphatic heterocycles. The summed E-state index contributed by atoms with van der Waals surface area (Å²) in [6, 6.07) is -0.309. The number of aromatic nitrogens is 2. The van der Waals surface area contributed by atoms with Gasteiger partial charge in [-0.1, -0.05) is 6.92 Å². The van der Waals surface area contributed by atoms with Crippen LogP contribution in [0, 0.1) is 0 Å². The number of nitrogens with zero attached hydrogens (tertiary/aromatic N) is 2. The van der Waals surface area contributed by atoms with Gasteiger partial charge < -0.3 is 9.84 Å². The predicted molar refractivity (Wildman–Crippen MR) is 86.6 cm³/mol. The molecule has 2 rings (SSSR count). The van der Waals surface area contributed by atoms with E-state index in [0.29, 0.717) is 19.4 Å². The number of nitrogens with one attached hydrogen (secondary N) is 2. The third-order valence-electron chi connectivity index (χ3n) is 4.06. The molecule has 11 heteroatoms. The second-order valence-electron chi connectivity index (χ2n) is 5.73. The van der Waals surface area contributed by atoms with Crippen molar-refractivity contribution in [3.05, 3.63) is 11.8 Å². The summed E-state index contributed by atoms with van der Waals surface area (Å²) in [4.78, 5) is 24.4. The largest absolute Gasteiger partial charge is 0.480 e. The standard InChI is InChI=1S/C14H22N4O6S/c1-3-18(8-12(19)20)10-5-9(6-10)17-25(22,23)13-11(7-15-16-13)14(21)24-4-2/h7,9-10,17H,3-6,8H2,1-2H3,(H,15,16)(H,19,20). The highest BCUT2D eigenvalue weighted by atomic mass is 32.2. The number of rotatable bonds is 9. The first-order valence-electron chi connectivity index (χ1n) is 7.97. The molecule has 1 fully saturated rings. The molecule has 0 atom stereocenters. The van der Waals surface area contributed by atoms with E-state index in [9.17, 15) is 18.0 Å². The zero-order valence-corrected chi connectivity index (χ0v) is 14.9. The quantitative estimate of drug-likeness (QED) is 0.505. The number of aliphatic carboxylic acids is 1. The molecule has 0 bridgehead atoms. The Morgan fingerprint density at radius 1 is 1.44 bits per heavy atom. The zero-order valence-electron chi connectivity index (χ0n) is 14.1. The molecule has 0 aromatic carbocycles. The van der Waals surface area contributed by atoms with Gasteiger partial charge >= 0.3 is 11.9 Å². The molecule has 0 amide bonds. The Hall–Kier alpha value is -1.98. The number of carboxylic acids is 1. The van der Waals surface area contributed by atoms with Crippen LogP contribution in [0.15, 0.2) is 11.2 Å². The average molecular weight is 374 g/mol. The van der Waals surface area contributed by atoms with Crippen molar-refractivity contribution in [3.63, 3.8) is 0 Å². The first-order chi connectivity index (χ1) is 11.8. The maximum absolute atomic E-state index is 12.5. The maximum Gasteiger partial charge on any atom is 0.342 e. The van der Waals surface area contributed by atoms with Gasteiger partial charge in [0.15, 0.2) is 5.03 Å². The molecule has 0 unspecified atom stereocenters. The van der Waals surface area contributed by atoms with Crippen molar-refractivity contribution < 1.29 is 27.9 Å². The molecule has 1 saturated carbocycles. The fourth-order valence-corrected chi connectivity index (χ4v) is 4.11. The number of hydrogen-bond acceptors (Lipinski definition) is 7. The minimum atomic E-state index is -3.95. The van der Waals surface area contributed by atoms with E-state index in [0.717, 1.165) is 6.20 Å². The Kier molecular flexibility index (Phi) is 6.14. The van der Waals surface area contributed by atoms with E-state index in [2.05, 4.69) is 14.9 Å². The van der Waals surface area contributed by atoms with Gasteiger partial charge in [0, 0.05) is 12.1 Å². The van der Waals surface area contributed by atoms with Crippen LogP contribution in [0.5, 0.6) is 0 Å². The second kappa shape index (κ2) is 7.93. The van der Waals surface area contributed by atoms with Crippen LogP contribution < -0.4 is 4.72 Å². The van der Waals surface area contributed by atoms with Crippen molar-refractivity contribution in [1.29, 1.82) is 0 Å². The fourth-order valence-electron chi connectivity index (χ4n) is 2.77. The van der Waals surface area contributed by atoms with E-state index in [1.807, 2.05) is 6.92 Å². The molecule has 0 radical (unpaired) electrons. The van der Waals surface area contributed by atoms with Gasteiger partial charge in [-0.05, 0) is 26.3 Å². The van der Waals surface area contributed by atoms with Crippen molar-refractivity contribution in [2.45, 2.75) is 43.8 Å². The minimum Gasteiger partial charge on any atom is -0.480 e. The highest BCUT2D eigenvalue weighted by Gasteiger charge is 2.37. The Balaban J connectivity index is 1.99. The minimum absolute atomic E-state index is 0.0140. The lowest BCUT2D eigenvalue weighted by atomic mass is 9.86. The van der Waals surface area contributed by atoms with Crippen LogP contribution in [-0.2, 0) is 19.6 Å². The number of hydrogen-bond donors (Lipinski definition) is 3. The number of carbonyl (C=O) groups excluding carboxylic acids is 1. The van der Waals surface area contributed by atoms with Gasteiger partial charge in [-0.15, -0.1) is 0 Å². The van der Waals surface area contributed by atoms with Crippen LogP contribution in [-0.4, -0.2) is 72.3 Å². The van der Waals surface area contributed by atoms with Crippen molar-refractivity contribution in [2.75, 3.05) is 19.7 Å². The zero-order chi connectivity index (χ0) is 18.6. The SMILES string of the molecule is CCOC(=O)c1cn[nH]c1S(=O)(=O)NC1CC(N(CC)CC(=O)O)C1. The monoisotopic (exact) mass is 374 g/mol. The van der Waals surface area contributed by atoms with Crippen molar-refractivity contribution in [2.24, 2.45) is 0 Å². The lowest BCUT2D eigenvalue weighted by Crippen LogP contribution is -2.54. The Bertz CT molecular complexity index is 725. The van der Waals surface area contributed by atoms with Crippen LogP contribution in [0.25, 0.3) is 0 Å². The predicted octanol–water partition coefficient (Wildman–Crippen LogP) is -0.198. The second-order valence-corrected chi connectivity index (χ2v) is 7.38. The van der Waals surface area contributed by atoms with Gasteiger partial charge in [0.2, 0.25) is 0 Å². The van der Waals surface area contributed by atoms with Crippen molar-refractivity contribution >= 4 is 22.0 Å². The van der Waals surface area contributed by atoms with Crippen molar-refractivity contribution in [3.8, 4) is 0 Å². The van der Waals surface area contributed by atoms with Crippen LogP contribution >= 0.6 is 0 Å². The number of aromatic amines is 1. The van der Waals surface area contributed by atoms with Crippen LogP contribution in [0.1, 0.15) is 37.0 Å². The molecule has 1 aromatic heterocycles. The molecule has 1 heterocycles. The van der Waals surface area contributed by atoms with Gasteiger partial charge in [-0.25, -0.2) is 17.9 Å². The first kappa shape index (κ1) is 19.3. The van der Waals surface area contributed by atoms with E-state index in [1.54, 1.807) is 11.8 Å². The molecule has 1 aliphatic carbocycles. The summed E-state index contributed by atoms with van der Waals surface area (Å²) in [7, 11) is -3.95. The smallest absolute Gasteiger partial charge is 0.342 e. The number of carboxylic acid groups (broad SMARTS) is 1. The average Bonchev–Trinajstić information content (AvgIpc) is 2.99. The molecule has 3 N–H and O–H groups in total. The summed E-state index contributed by atoms with van der Waals surface area (Å²) in [5.74, 6) is -1.68. The summed E-state index contributed by atoms with van der Waals surface area (Å²) in [6.07, 6.45) is 2.12. The summed E-state index contributed by atoms with van der Waals surface area (Å²) in [6.45, 7) is 4.10.